The maximum atomic E-state index is 12.4. The Morgan fingerprint density at radius 3 is 2.53 bits per heavy atom. The number of pyridine rings is 1. The molecule has 3 aromatic rings. The van der Waals surface area contributed by atoms with Gasteiger partial charge in [0.25, 0.3) is 0 Å². The van der Waals surface area contributed by atoms with Gasteiger partial charge in [-0.15, -0.1) is 6.42 Å². The lowest BCUT2D eigenvalue weighted by atomic mass is 10.2. The summed E-state index contributed by atoms with van der Waals surface area (Å²) < 4.78 is 37.5. The van der Waals surface area contributed by atoms with E-state index in [1.807, 2.05) is 12.1 Å². The molecule has 8 heteroatoms. The fourth-order valence-corrected chi connectivity index (χ4v) is 3.41. The fourth-order valence-electron chi connectivity index (χ4n) is 2.47. The molecular weight excluding hydrogens is 404 g/mol. The zero-order valence-electron chi connectivity index (χ0n) is 15.8. The first-order chi connectivity index (χ1) is 14.5. The highest BCUT2D eigenvalue weighted by Gasteiger charge is 2.15. The lowest BCUT2D eigenvalue weighted by Gasteiger charge is -2.11. The van der Waals surface area contributed by atoms with E-state index in [1.165, 1.54) is 24.3 Å². The van der Waals surface area contributed by atoms with Crippen molar-refractivity contribution >= 4 is 16.0 Å². The minimum Gasteiger partial charge on any atom is -0.457 e. The molecule has 30 heavy (non-hydrogen) atoms. The molecule has 0 unspecified atom stereocenters. The number of hydrogen-bond donors (Lipinski definition) is 1. The molecule has 1 heterocycles. The Morgan fingerprint density at radius 1 is 1.07 bits per heavy atom. The van der Waals surface area contributed by atoms with Crippen LogP contribution in [0.5, 0.6) is 11.5 Å². The zero-order valence-corrected chi connectivity index (χ0v) is 16.6. The Kier molecular flexibility index (Phi) is 6.80. The lowest BCUT2D eigenvalue weighted by molar-refractivity contribution is 0.0470. The topological polar surface area (TPSA) is 94.6 Å². The van der Waals surface area contributed by atoms with E-state index in [9.17, 15) is 13.2 Å². The van der Waals surface area contributed by atoms with E-state index < -0.39 is 16.0 Å². The van der Waals surface area contributed by atoms with Crippen LogP contribution in [0.3, 0.4) is 0 Å². The average molecular weight is 422 g/mol. The van der Waals surface area contributed by atoms with E-state index in [4.69, 9.17) is 15.9 Å². The molecule has 0 saturated carbocycles. The first kappa shape index (κ1) is 21.0. The van der Waals surface area contributed by atoms with Crippen LogP contribution in [-0.2, 0) is 21.4 Å². The molecule has 2 aromatic carbocycles. The van der Waals surface area contributed by atoms with Crippen molar-refractivity contribution in [1.29, 1.82) is 0 Å². The third-order valence-electron chi connectivity index (χ3n) is 3.96. The number of rotatable bonds is 8. The van der Waals surface area contributed by atoms with Crippen LogP contribution in [0.25, 0.3) is 0 Å². The molecule has 0 aliphatic carbocycles. The molecule has 0 spiro atoms. The number of nitrogens with zero attached hydrogens (tertiary/aromatic N) is 1. The summed E-state index contributed by atoms with van der Waals surface area (Å²) in [4.78, 5) is 16.4. The second kappa shape index (κ2) is 9.69. The minimum atomic E-state index is -3.72. The molecule has 7 nitrogen and oxygen atoms in total. The Morgan fingerprint density at radius 2 is 1.83 bits per heavy atom. The zero-order chi connectivity index (χ0) is 21.4. The summed E-state index contributed by atoms with van der Waals surface area (Å²) in [7, 11) is -3.72. The summed E-state index contributed by atoms with van der Waals surface area (Å²) in [6.07, 6.45) is 8.28. The van der Waals surface area contributed by atoms with Crippen molar-refractivity contribution in [3.8, 4) is 23.8 Å². The van der Waals surface area contributed by atoms with Gasteiger partial charge in [0.1, 0.15) is 18.1 Å². The Labute approximate surface area is 174 Å². The molecule has 0 atom stereocenters. The van der Waals surface area contributed by atoms with Gasteiger partial charge in [0.05, 0.1) is 23.2 Å². The monoisotopic (exact) mass is 422 g/mol. The van der Waals surface area contributed by atoms with Crippen LogP contribution in [0.1, 0.15) is 15.9 Å². The maximum absolute atomic E-state index is 12.4. The molecule has 0 bridgehead atoms. The van der Waals surface area contributed by atoms with Crippen LogP contribution in [0, 0.1) is 12.3 Å². The van der Waals surface area contributed by atoms with Crippen molar-refractivity contribution < 1.29 is 22.7 Å². The summed E-state index contributed by atoms with van der Waals surface area (Å²) in [5.74, 6) is 2.71. The van der Waals surface area contributed by atoms with E-state index in [0.29, 0.717) is 17.1 Å². The Hall–Kier alpha value is -3.67. The quantitative estimate of drug-likeness (QED) is 0.443. The largest absolute Gasteiger partial charge is 0.457 e. The first-order valence-corrected chi connectivity index (χ1v) is 10.3. The smallest absolute Gasteiger partial charge is 0.338 e. The normalized spacial score (nSPS) is 10.8. The van der Waals surface area contributed by atoms with Gasteiger partial charge in [-0.25, -0.2) is 13.2 Å². The van der Waals surface area contributed by atoms with Gasteiger partial charge in [0.15, 0.2) is 0 Å². The molecule has 152 valence electrons. The highest BCUT2D eigenvalue weighted by atomic mass is 32.2. The molecular formula is C22H18N2O5S. The number of benzene rings is 2. The Balaban J connectivity index is 1.66. The van der Waals surface area contributed by atoms with Gasteiger partial charge in [0.2, 0.25) is 10.0 Å². The van der Waals surface area contributed by atoms with Gasteiger partial charge < -0.3 is 9.47 Å². The number of esters is 1. The van der Waals surface area contributed by atoms with Gasteiger partial charge in [-0.05, 0) is 42.5 Å². The highest BCUT2D eigenvalue weighted by Crippen LogP contribution is 2.25. The van der Waals surface area contributed by atoms with Gasteiger partial charge in [-0.1, -0.05) is 24.1 Å². The van der Waals surface area contributed by atoms with E-state index in [2.05, 4.69) is 15.6 Å². The average Bonchev–Trinajstić information content (AvgIpc) is 2.78. The minimum absolute atomic E-state index is 0.00418. The van der Waals surface area contributed by atoms with E-state index in [-0.39, 0.29) is 23.6 Å². The number of terminal acetylenes is 1. The summed E-state index contributed by atoms with van der Waals surface area (Å²) in [6, 6.07) is 16.1. The van der Waals surface area contributed by atoms with Crippen molar-refractivity contribution in [3.63, 3.8) is 0 Å². The van der Waals surface area contributed by atoms with Crippen LogP contribution in [0.4, 0.5) is 0 Å². The molecule has 0 amide bonds. The van der Waals surface area contributed by atoms with Crippen LogP contribution < -0.4 is 9.46 Å². The lowest BCUT2D eigenvalue weighted by Crippen LogP contribution is -2.23. The first-order valence-electron chi connectivity index (χ1n) is 8.86. The van der Waals surface area contributed by atoms with Crippen LogP contribution in [-0.4, -0.2) is 25.9 Å². The van der Waals surface area contributed by atoms with E-state index in [1.54, 1.807) is 36.7 Å². The summed E-state index contributed by atoms with van der Waals surface area (Å²) in [5, 5.41) is 0. The number of hydrogen-bond acceptors (Lipinski definition) is 6. The number of ether oxygens (including phenoxy) is 2. The number of nitrogens with one attached hydrogen (secondary N) is 1. The van der Waals surface area contributed by atoms with E-state index >= 15 is 0 Å². The van der Waals surface area contributed by atoms with E-state index in [0.717, 1.165) is 0 Å². The third-order valence-corrected chi connectivity index (χ3v) is 5.38. The molecule has 1 aromatic heterocycles. The number of para-hydroxylation sites is 1. The second-order valence-electron chi connectivity index (χ2n) is 6.03. The summed E-state index contributed by atoms with van der Waals surface area (Å²) in [6.45, 7) is -0.133. The van der Waals surface area contributed by atoms with Gasteiger partial charge in [0, 0.05) is 11.8 Å². The van der Waals surface area contributed by atoms with Crippen LogP contribution in [0.2, 0.25) is 0 Å². The number of carbonyl (C=O) groups excluding carboxylic acids is 1. The molecule has 0 aliphatic rings. The molecule has 0 saturated heterocycles. The van der Waals surface area contributed by atoms with Gasteiger partial charge >= 0.3 is 5.97 Å². The van der Waals surface area contributed by atoms with Gasteiger partial charge in [-0.3, -0.25) is 4.98 Å². The second-order valence-corrected chi connectivity index (χ2v) is 7.79. The molecule has 0 radical (unpaired) electrons. The maximum Gasteiger partial charge on any atom is 0.338 e. The van der Waals surface area contributed by atoms with Crippen molar-refractivity contribution in [2.45, 2.75) is 11.5 Å². The van der Waals surface area contributed by atoms with Crippen LogP contribution >= 0.6 is 0 Å². The third kappa shape index (κ3) is 5.44. The Bertz CT molecular complexity index is 1150. The fraction of sp³-hybridized carbons (Fsp3) is 0.0909. The van der Waals surface area contributed by atoms with Gasteiger partial charge in [-0.2, -0.15) is 4.72 Å². The van der Waals surface area contributed by atoms with Crippen molar-refractivity contribution in [2.75, 3.05) is 6.54 Å². The standard InChI is InChI=1S/C22H18N2O5S/c1-2-13-24-30(26,27)20-11-9-17(10-12-20)22(25)28-16-18-6-3-4-8-21(18)29-19-7-5-14-23-15-19/h1,3-12,14-15,24H,13,16H2. The molecule has 3 rings (SSSR count). The van der Waals surface area contributed by atoms with Crippen molar-refractivity contribution in [1.82, 2.24) is 9.71 Å². The summed E-state index contributed by atoms with van der Waals surface area (Å²) >= 11 is 0. The summed E-state index contributed by atoms with van der Waals surface area (Å²) in [5.41, 5.74) is 0.893. The molecule has 1 N–H and O–H groups in total. The van der Waals surface area contributed by atoms with Crippen molar-refractivity contribution in [3.05, 3.63) is 84.2 Å². The number of sulfonamides is 1. The highest BCUT2D eigenvalue weighted by molar-refractivity contribution is 7.89. The SMILES string of the molecule is C#CCNS(=O)(=O)c1ccc(C(=O)OCc2ccccc2Oc2cccnc2)cc1. The number of carbonyl (C=O) groups is 1. The molecule has 0 fully saturated rings. The van der Waals surface area contributed by atoms with Crippen molar-refractivity contribution in [2.24, 2.45) is 0 Å². The molecule has 0 aliphatic heterocycles. The predicted molar refractivity (Wildman–Crippen MR) is 110 cm³/mol. The predicted octanol–water partition coefficient (Wildman–Crippen LogP) is 3.14. The van der Waals surface area contributed by atoms with Crippen LogP contribution in [0.15, 0.2) is 78.0 Å². The number of aromatic nitrogens is 1.